The van der Waals surface area contributed by atoms with E-state index in [1.165, 1.54) is 24.5 Å². The van der Waals surface area contributed by atoms with Gasteiger partial charge in [-0.1, -0.05) is 22.9 Å². The van der Waals surface area contributed by atoms with Gasteiger partial charge in [-0.2, -0.15) is 0 Å². The molecule has 0 aliphatic carbocycles. The van der Waals surface area contributed by atoms with Gasteiger partial charge in [0.15, 0.2) is 0 Å². The molecule has 0 unspecified atom stereocenters. The molecule has 0 radical (unpaired) electrons. The minimum Gasteiger partial charge on any atom is -0.497 e. The van der Waals surface area contributed by atoms with Gasteiger partial charge in [0.1, 0.15) is 16.5 Å². The number of rotatable bonds is 6. The highest BCUT2D eigenvalue weighted by molar-refractivity contribution is 7.15. The Bertz CT molecular complexity index is 1120. The van der Waals surface area contributed by atoms with E-state index in [4.69, 9.17) is 21.1 Å². The Morgan fingerprint density at radius 1 is 1.16 bits per heavy atom. The molecule has 8 nitrogen and oxygen atoms in total. The van der Waals surface area contributed by atoms with Gasteiger partial charge in [0.25, 0.3) is 5.91 Å². The number of benzene rings is 2. The van der Waals surface area contributed by atoms with Crippen molar-refractivity contribution in [2.24, 2.45) is 0 Å². The van der Waals surface area contributed by atoms with Gasteiger partial charge in [0, 0.05) is 29.6 Å². The van der Waals surface area contributed by atoms with E-state index in [0.717, 1.165) is 11.4 Å². The molecule has 2 amide bonds. The fourth-order valence-corrected chi connectivity index (χ4v) is 4.36. The molecular formula is C21H19ClN4O4S. The summed E-state index contributed by atoms with van der Waals surface area (Å²) < 4.78 is 10.4. The predicted molar refractivity (Wildman–Crippen MR) is 119 cm³/mol. The molecule has 10 heteroatoms. The van der Waals surface area contributed by atoms with Gasteiger partial charge >= 0.3 is 0 Å². The van der Waals surface area contributed by atoms with Crippen LogP contribution in [0.4, 0.5) is 10.8 Å². The lowest BCUT2D eigenvalue weighted by atomic mass is 10.1. The number of carbonyl (C=O) groups is 2. The average molecular weight is 459 g/mol. The van der Waals surface area contributed by atoms with Gasteiger partial charge in [-0.3, -0.25) is 14.9 Å². The van der Waals surface area contributed by atoms with Crippen molar-refractivity contribution in [3.63, 3.8) is 0 Å². The van der Waals surface area contributed by atoms with Crippen LogP contribution in [0.5, 0.6) is 11.5 Å². The summed E-state index contributed by atoms with van der Waals surface area (Å²) in [5, 5.41) is 12.4. The number of anilines is 2. The number of halogens is 1. The van der Waals surface area contributed by atoms with Crippen LogP contribution in [0.25, 0.3) is 0 Å². The summed E-state index contributed by atoms with van der Waals surface area (Å²) in [5.74, 6) is 0.651. The van der Waals surface area contributed by atoms with E-state index in [9.17, 15) is 9.59 Å². The fourth-order valence-electron chi connectivity index (χ4n) is 3.36. The second kappa shape index (κ2) is 8.91. The van der Waals surface area contributed by atoms with Crippen molar-refractivity contribution >= 4 is 45.6 Å². The Balaban J connectivity index is 1.46. The lowest BCUT2D eigenvalue weighted by Crippen LogP contribution is -2.24. The predicted octanol–water partition coefficient (Wildman–Crippen LogP) is 3.98. The monoisotopic (exact) mass is 458 g/mol. The summed E-state index contributed by atoms with van der Waals surface area (Å²) in [6, 6.07) is 12.1. The number of hydrogen-bond acceptors (Lipinski definition) is 7. The molecule has 1 N–H and O–H groups in total. The van der Waals surface area contributed by atoms with Crippen molar-refractivity contribution in [1.29, 1.82) is 0 Å². The van der Waals surface area contributed by atoms with Crippen molar-refractivity contribution in [3.05, 3.63) is 58.1 Å². The average Bonchev–Trinajstić information content (AvgIpc) is 3.40. The van der Waals surface area contributed by atoms with Crippen LogP contribution in [0.1, 0.15) is 27.7 Å². The van der Waals surface area contributed by atoms with E-state index in [-0.39, 0.29) is 11.8 Å². The zero-order valence-corrected chi connectivity index (χ0v) is 18.4. The number of hydrogen-bond donors (Lipinski definition) is 1. The molecule has 4 rings (SSSR count). The Kier molecular flexibility index (Phi) is 6.06. The van der Waals surface area contributed by atoms with Crippen LogP contribution in [0.3, 0.4) is 0 Å². The van der Waals surface area contributed by atoms with Crippen LogP contribution < -0.4 is 19.7 Å². The van der Waals surface area contributed by atoms with Crippen LogP contribution in [0.15, 0.2) is 42.5 Å². The second-order valence-corrected chi connectivity index (χ2v) is 8.29. The Morgan fingerprint density at radius 3 is 2.65 bits per heavy atom. The molecule has 1 aliphatic rings. The third-order valence-electron chi connectivity index (χ3n) is 4.93. The maximum atomic E-state index is 12.6. The lowest BCUT2D eigenvalue weighted by molar-refractivity contribution is -0.117. The van der Waals surface area contributed by atoms with Crippen molar-refractivity contribution in [2.75, 3.05) is 31.0 Å². The van der Waals surface area contributed by atoms with Gasteiger partial charge in [0.05, 0.1) is 19.8 Å². The van der Waals surface area contributed by atoms with Gasteiger partial charge in [-0.05, 0) is 42.5 Å². The maximum Gasteiger partial charge on any atom is 0.261 e. The molecule has 1 saturated heterocycles. The second-order valence-electron chi connectivity index (χ2n) is 6.85. The lowest BCUT2D eigenvalue weighted by Gasteiger charge is -2.16. The largest absolute Gasteiger partial charge is 0.497 e. The third-order valence-corrected chi connectivity index (χ3v) is 6.16. The Morgan fingerprint density at radius 2 is 1.94 bits per heavy atom. The van der Waals surface area contributed by atoms with Crippen molar-refractivity contribution in [3.8, 4) is 11.5 Å². The summed E-state index contributed by atoms with van der Waals surface area (Å²) in [5.41, 5.74) is 1.10. The first kappa shape index (κ1) is 21.1. The smallest absolute Gasteiger partial charge is 0.261 e. The van der Waals surface area contributed by atoms with Crippen LogP contribution in [0, 0.1) is 0 Å². The number of ether oxygens (including phenoxy) is 2. The van der Waals surface area contributed by atoms with Crippen LogP contribution in [-0.4, -0.2) is 42.8 Å². The zero-order chi connectivity index (χ0) is 22.0. The first-order valence-electron chi connectivity index (χ1n) is 9.41. The van der Waals surface area contributed by atoms with Crippen LogP contribution in [0.2, 0.25) is 5.02 Å². The molecule has 2 heterocycles. The first-order chi connectivity index (χ1) is 15.0. The molecule has 31 heavy (non-hydrogen) atoms. The van der Waals surface area contributed by atoms with Crippen LogP contribution >= 0.6 is 22.9 Å². The minimum absolute atomic E-state index is 0.0135. The molecule has 1 fully saturated rings. The molecular weight excluding hydrogens is 440 g/mol. The molecule has 1 aromatic heterocycles. The van der Waals surface area contributed by atoms with E-state index < -0.39 is 5.91 Å². The van der Waals surface area contributed by atoms with E-state index >= 15 is 0 Å². The molecule has 1 aliphatic heterocycles. The molecule has 2 aromatic carbocycles. The summed E-state index contributed by atoms with van der Waals surface area (Å²) >= 11 is 7.25. The van der Waals surface area contributed by atoms with Crippen LogP contribution in [-0.2, 0) is 4.79 Å². The normalized spacial score (nSPS) is 15.8. The van der Waals surface area contributed by atoms with Gasteiger partial charge in [-0.25, -0.2) is 0 Å². The number of nitrogens with zero attached hydrogens (tertiary/aromatic N) is 3. The Hall–Kier alpha value is -3.17. The summed E-state index contributed by atoms with van der Waals surface area (Å²) in [7, 11) is 3.08. The number of carbonyl (C=O) groups excluding carboxylic acids is 2. The first-order valence-corrected chi connectivity index (χ1v) is 10.6. The van der Waals surface area contributed by atoms with E-state index in [2.05, 4.69) is 15.5 Å². The fraction of sp³-hybridized carbons (Fsp3) is 0.238. The van der Waals surface area contributed by atoms with Crippen molar-refractivity contribution in [2.45, 2.75) is 12.3 Å². The number of aromatic nitrogens is 2. The number of amides is 2. The molecule has 1 atom stereocenters. The zero-order valence-electron chi connectivity index (χ0n) is 16.8. The number of nitrogens with one attached hydrogen (secondary N) is 1. The molecule has 0 saturated carbocycles. The van der Waals surface area contributed by atoms with Crippen molar-refractivity contribution < 1.29 is 19.1 Å². The standard InChI is InChI=1S/C21H19ClN4O4S/c1-29-15-6-4-14(5-7-15)26-11-12(9-18(26)27)20-24-25-21(31-20)23-19(28)16-10-13(22)3-8-17(16)30-2/h3-8,10,12H,9,11H2,1-2H3,(H,23,25,28)/t12-/m1/s1. The number of methoxy groups -OCH3 is 2. The van der Waals surface area contributed by atoms with E-state index in [1.807, 2.05) is 24.3 Å². The summed E-state index contributed by atoms with van der Waals surface area (Å²) in [4.78, 5) is 26.9. The van der Waals surface area contributed by atoms with Crippen molar-refractivity contribution in [1.82, 2.24) is 10.2 Å². The van der Waals surface area contributed by atoms with Gasteiger partial charge in [0.2, 0.25) is 11.0 Å². The highest BCUT2D eigenvalue weighted by Gasteiger charge is 2.34. The minimum atomic E-state index is -0.399. The Labute approximate surface area is 187 Å². The summed E-state index contributed by atoms with van der Waals surface area (Å²) in [6.07, 6.45) is 0.330. The summed E-state index contributed by atoms with van der Waals surface area (Å²) in [6.45, 7) is 0.496. The molecule has 0 spiro atoms. The molecule has 160 valence electrons. The molecule has 0 bridgehead atoms. The molecule has 3 aromatic rings. The quantitative estimate of drug-likeness (QED) is 0.600. The highest BCUT2D eigenvalue weighted by atomic mass is 35.5. The van der Waals surface area contributed by atoms with Gasteiger partial charge in [-0.15, -0.1) is 10.2 Å². The third kappa shape index (κ3) is 4.47. The topological polar surface area (TPSA) is 93.7 Å². The van der Waals surface area contributed by atoms with Gasteiger partial charge < -0.3 is 14.4 Å². The van der Waals surface area contributed by atoms with E-state index in [1.54, 1.807) is 24.1 Å². The van der Waals surface area contributed by atoms with E-state index in [0.29, 0.717) is 39.4 Å². The maximum absolute atomic E-state index is 12.6. The SMILES string of the molecule is COc1ccc(N2C[C@H](c3nnc(NC(=O)c4cc(Cl)ccc4OC)s3)CC2=O)cc1. The highest BCUT2D eigenvalue weighted by Crippen LogP contribution is 2.35.